The van der Waals surface area contributed by atoms with Crippen LogP contribution in [0.1, 0.15) is 13.3 Å². The molecule has 0 bridgehead atoms. The summed E-state index contributed by atoms with van der Waals surface area (Å²) < 4.78 is 14.3. The summed E-state index contributed by atoms with van der Waals surface area (Å²) in [4.78, 5) is 30.7. The van der Waals surface area contributed by atoms with Gasteiger partial charge in [0.15, 0.2) is 5.17 Å². The number of rotatable bonds is 4. The number of anilines is 2. The van der Waals surface area contributed by atoms with Crippen molar-refractivity contribution in [1.82, 2.24) is 0 Å². The van der Waals surface area contributed by atoms with Crippen molar-refractivity contribution in [2.75, 3.05) is 16.8 Å². The van der Waals surface area contributed by atoms with E-state index in [2.05, 4.69) is 26.2 Å². The average Bonchev–Trinajstić information content (AvgIpc) is 2.90. The number of hydrogen-bond donors (Lipinski definition) is 1. The maximum atomic E-state index is 13.4. The van der Waals surface area contributed by atoms with Gasteiger partial charge in [-0.15, -0.1) is 0 Å². The summed E-state index contributed by atoms with van der Waals surface area (Å²) in [6.45, 7) is 2.36. The van der Waals surface area contributed by atoms with Crippen LogP contribution in [0.5, 0.6) is 0 Å². The van der Waals surface area contributed by atoms with Crippen molar-refractivity contribution >= 4 is 56.0 Å². The molecule has 1 atom stereocenters. The summed E-state index contributed by atoms with van der Waals surface area (Å²) in [5, 5.41) is 2.93. The van der Waals surface area contributed by atoms with Crippen LogP contribution in [0, 0.1) is 5.82 Å². The zero-order chi connectivity index (χ0) is 19.4. The molecule has 0 spiro atoms. The minimum atomic E-state index is -0.576. The second-order valence-electron chi connectivity index (χ2n) is 5.77. The molecule has 0 aromatic heterocycles. The van der Waals surface area contributed by atoms with Gasteiger partial charge in [0.1, 0.15) is 11.1 Å². The van der Waals surface area contributed by atoms with E-state index in [0.717, 1.165) is 4.47 Å². The highest BCUT2D eigenvalue weighted by atomic mass is 79.9. The van der Waals surface area contributed by atoms with Crippen LogP contribution in [0.25, 0.3) is 0 Å². The Labute approximate surface area is 169 Å². The number of amides is 2. The number of carbonyl (C=O) groups is 2. The van der Waals surface area contributed by atoms with Gasteiger partial charge >= 0.3 is 0 Å². The minimum absolute atomic E-state index is 0.0904. The lowest BCUT2D eigenvalue weighted by Crippen LogP contribution is -2.31. The maximum absolute atomic E-state index is 13.4. The standard InChI is InChI=1S/C19H17BrFN3O2S/c1-2-22-19(23-14-5-3-4-13(21)10-14)27-16-11-17(25)24(18(16)26)15-8-6-12(20)7-9-15/h3-10,16H,2,11H2,1H3,(H,22,23)/t16-/m1/s1. The monoisotopic (exact) mass is 449 g/mol. The topological polar surface area (TPSA) is 61.8 Å². The molecule has 1 aliphatic rings. The van der Waals surface area contributed by atoms with Gasteiger partial charge in [0.25, 0.3) is 0 Å². The van der Waals surface area contributed by atoms with E-state index >= 15 is 0 Å². The maximum Gasteiger partial charge on any atom is 0.247 e. The normalized spacial score (nSPS) is 17.5. The van der Waals surface area contributed by atoms with Gasteiger partial charge in [-0.3, -0.25) is 14.6 Å². The number of nitrogens with one attached hydrogen (secondary N) is 1. The van der Waals surface area contributed by atoms with Crippen LogP contribution in [0.4, 0.5) is 15.8 Å². The molecule has 140 valence electrons. The van der Waals surface area contributed by atoms with E-state index in [1.807, 2.05) is 6.92 Å². The van der Waals surface area contributed by atoms with Gasteiger partial charge in [0.05, 0.1) is 5.69 Å². The third kappa shape index (κ3) is 4.75. The number of amidine groups is 1. The molecule has 5 nitrogen and oxygen atoms in total. The molecular weight excluding hydrogens is 433 g/mol. The first-order valence-corrected chi connectivity index (χ1v) is 10.0. The van der Waals surface area contributed by atoms with E-state index in [-0.39, 0.29) is 24.1 Å². The van der Waals surface area contributed by atoms with Gasteiger partial charge < -0.3 is 5.32 Å². The van der Waals surface area contributed by atoms with Crippen LogP contribution < -0.4 is 10.2 Å². The Morgan fingerprint density at radius 1 is 1.30 bits per heavy atom. The van der Waals surface area contributed by atoms with Crippen LogP contribution in [0.2, 0.25) is 0 Å². The lowest BCUT2D eigenvalue weighted by molar-refractivity contribution is -0.121. The highest BCUT2D eigenvalue weighted by Gasteiger charge is 2.40. The predicted molar refractivity (Wildman–Crippen MR) is 111 cm³/mol. The highest BCUT2D eigenvalue weighted by Crippen LogP contribution is 2.31. The smallest absolute Gasteiger partial charge is 0.247 e. The van der Waals surface area contributed by atoms with E-state index in [9.17, 15) is 14.0 Å². The van der Waals surface area contributed by atoms with Crippen LogP contribution in [-0.2, 0) is 9.59 Å². The molecule has 1 aliphatic heterocycles. The number of benzene rings is 2. The van der Waals surface area contributed by atoms with E-state index in [1.165, 1.54) is 28.8 Å². The van der Waals surface area contributed by atoms with Crippen LogP contribution in [-0.4, -0.2) is 28.8 Å². The van der Waals surface area contributed by atoms with Crippen molar-refractivity contribution in [2.24, 2.45) is 4.99 Å². The number of aliphatic imine (C=N–C) groups is 1. The van der Waals surface area contributed by atoms with Gasteiger partial charge in [0, 0.05) is 23.1 Å². The molecule has 27 heavy (non-hydrogen) atoms. The van der Waals surface area contributed by atoms with E-state index in [1.54, 1.807) is 36.4 Å². The summed E-state index contributed by atoms with van der Waals surface area (Å²) in [5.41, 5.74) is 1.08. The first-order valence-electron chi connectivity index (χ1n) is 8.34. The van der Waals surface area contributed by atoms with E-state index < -0.39 is 5.25 Å². The SMILES string of the molecule is CCN=C(Nc1cccc(F)c1)S[C@@H]1CC(=O)N(c2ccc(Br)cc2)C1=O. The van der Waals surface area contributed by atoms with Gasteiger partial charge in [-0.1, -0.05) is 33.8 Å². The van der Waals surface area contributed by atoms with E-state index in [0.29, 0.717) is 23.1 Å². The Morgan fingerprint density at radius 2 is 2.04 bits per heavy atom. The summed E-state index contributed by atoms with van der Waals surface area (Å²) in [6.07, 6.45) is 0.0904. The van der Waals surface area contributed by atoms with Gasteiger partial charge in [0.2, 0.25) is 11.8 Å². The average molecular weight is 450 g/mol. The zero-order valence-corrected chi connectivity index (χ0v) is 16.9. The third-order valence-electron chi connectivity index (χ3n) is 3.82. The Balaban J connectivity index is 1.75. The van der Waals surface area contributed by atoms with Gasteiger partial charge in [-0.25, -0.2) is 9.29 Å². The van der Waals surface area contributed by atoms with Gasteiger partial charge in [-0.2, -0.15) is 0 Å². The van der Waals surface area contributed by atoms with Crippen LogP contribution >= 0.6 is 27.7 Å². The molecule has 1 heterocycles. The number of imide groups is 1. The molecule has 1 saturated heterocycles. The van der Waals surface area contributed by atoms with Gasteiger partial charge in [-0.05, 0) is 49.4 Å². The number of thioether (sulfide) groups is 1. The molecule has 2 aromatic rings. The lowest BCUT2D eigenvalue weighted by Gasteiger charge is -2.16. The lowest BCUT2D eigenvalue weighted by atomic mass is 10.3. The molecule has 0 unspecified atom stereocenters. The van der Waals surface area contributed by atoms with Crippen LogP contribution in [0.15, 0.2) is 58.0 Å². The Hall–Kier alpha value is -2.19. The first kappa shape index (κ1) is 19.6. The first-order chi connectivity index (χ1) is 13.0. The number of hydrogen-bond acceptors (Lipinski definition) is 4. The molecule has 0 radical (unpaired) electrons. The molecule has 3 rings (SSSR count). The van der Waals surface area contributed by atoms with Crippen molar-refractivity contribution in [3.05, 3.63) is 58.8 Å². The molecule has 2 amide bonds. The minimum Gasteiger partial charge on any atom is -0.335 e. The van der Waals surface area contributed by atoms with Crippen molar-refractivity contribution < 1.29 is 14.0 Å². The Morgan fingerprint density at radius 3 is 2.70 bits per heavy atom. The Bertz CT molecular complexity index is 889. The second-order valence-corrected chi connectivity index (χ2v) is 7.88. The molecule has 0 saturated carbocycles. The Kier molecular flexibility index (Phi) is 6.28. The molecule has 1 N–H and O–H groups in total. The highest BCUT2D eigenvalue weighted by molar-refractivity contribution is 9.10. The summed E-state index contributed by atoms with van der Waals surface area (Å²) in [5.74, 6) is -0.895. The third-order valence-corrected chi connectivity index (χ3v) is 5.46. The second kappa shape index (κ2) is 8.67. The fourth-order valence-electron chi connectivity index (χ4n) is 2.63. The fraction of sp³-hybridized carbons (Fsp3) is 0.211. The number of carbonyl (C=O) groups excluding carboxylic acids is 2. The molecular formula is C19H17BrFN3O2S. The molecule has 0 aliphatic carbocycles. The molecule has 8 heteroatoms. The quantitative estimate of drug-likeness (QED) is 0.425. The number of halogens is 2. The van der Waals surface area contributed by atoms with Crippen molar-refractivity contribution in [2.45, 2.75) is 18.6 Å². The number of nitrogens with zero attached hydrogens (tertiary/aromatic N) is 2. The molecule has 2 aromatic carbocycles. The zero-order valence-electron chi connectivity index (χ0n) is 14.5. The van der Waals surface area contributed by atoms with Crippen molar-refractivity contribution in [3.63, 3.8) is 0 Å². The van der Waals surface area contributed by atoms with E-state index in [4.69, 9.17) is 0 Å². The largest absolute Gasteiger partial charge is 0.335 e. The molecule has 1 fully saturated rings. The summed E-state index contributed by atoms with van der Waals surface area (Å²) in [6, 6.07) is 13.0. The van der Waals surface area contributed by atoms with Crippen molar-refractivity contribution in [1.29, 1.82) is 0 Å². The fourth-order valence-corrected chi connectivity index (χ4v) is 3.98. The van der Waals surface area contributed by atoms with Crippen LogP contribution in [0.3, 0.4) is 0 Å². The van der Waals surface area contributed by atoms with Crippen molar-refractivity contribution in [3.8, 4) is 0 Å². The summed E-state index contributed by atoms with van der Waals surface area (Å²) in [7, 11) is 0. The summed E-state index contributed by atoms with van der Waals surface area (Å²) >= 11 is 4.53. The predicted octanol–water partition coefficient (Wildman–Crippen LogP) is 4.44.